The van der Waals surface area contributed by atoms with E-state index >= 15 is 0 Å². The van der Waals surface area contributed by atoms with Crippen LogP contribution < -0.4 is 0 Å². The van der Waals surface area contributed by atoms with Crippen LogP contribution in [0.3, 0.4) is 0 Å². The van der Waals surface area contributed by atoms with Gasteiger partial charge in [0.2, 0.25) is 0 Å². The minimum Gasteiger partial charge on any atom is -0.375 e. The highest BCUT2D eigenvalue weighted by Crippen LogP contribution is 2.23. The molecule has 2 aliphatic heterocycles. The lowest BCUT2D eigenvalue weighted by molar-refractivity contribution is 0.309. The van der Waals surface area contributed by atoms with E-state index in [4.69, 9.17) is 0 Å². The molecule has 2 heterocycles. The van der Waals surface area contributed by atoms with Crippen LogP contribution >= 0.6 is 0 Å². The zero-order valence-corrected chi connectivity index (χ0v) is 10.1. The van der Waals surface area contributed by atoms with Crippen LogP contribution in [0.2, 0.25) is 0 Å². The lowest BCUT2D eigenvalue weighted by Gasteiger charge is -2.32. The van der Waals surface area contributed by atoms with Crippen LogP contribution in [0.4, 0.5) is 0 Å². The molecular weight excluding hydrogens is 184 g/mol. The van der Waals surface area contributed by atoms with Gasteiger partial charge in [0, 0.05) is 38.1 Å². The predicted octanol–water partition coefficient (Wildman–Crippen LogP) is 2.63. The van der Waals surface area contributed by atoms with Crippen LogP contribution in [0, 0.1) is 5.92 Å². The van der Waals surface area contributed by atoms with Gasteiger partial charge in [0.05, 0.1) is 0 Å². The average Bonchev–Trinajstić information content (AvgIpc) is 2.69. The average molecular weight is 207 g/mol. The number of rotatable bonds is 3. The second-order valence-electron chi connectivity index (χ2n) is 5.10. The standard InChI is InChI=1S/C13H23N2/c1-12(2)10-14-7-5-6-13(11-14)15-8-3-4-9-15/h11H,3-10H2,1-2H3. The van der Waals surface area contributed by atoms with Crippen LogP contribution in [0.15, 0.2) is 11.9 Å². The second kappa shape index (κ2) is 4.91. The van der Waals surface area contributed by atoms with E-state index in [0.717, 1.165) is 6.54 Å². The Morgan fingerprint density at radius 3 is 2.53 bits per heavy atom. The SMILES string of the molecule is C[C](C)CN1C=C(N2CCCC2)CCC1. The molecule has 0 aromatic carbocycles. The topological polar surface area (TPSA) is 6.48 Å². The van der Waals surface area contributed by atoms with Gasteiger partial charge in [-0.25, -0.2) is 0 Å². The summed E-state index contributed by atoms with van der Waals surface area (Å²) in [7, 11) is 0. The molecule has 0 unspecified atom stereocenters. The number of allylic oxidation sites excluding steroid dienone is 1. The zero-order chi connectivity index (χ0) is 10.7. The minimum atomic E-state index is 1.14. The smallest absolute Gasteiger partial charge is 0.0295 e. The summed E-state index contributed by atoms with van der Waals surface area (Å²) in [4.78, 5) is 5.06. The largest absolute Gasteiger partial charge is 0.375 e. The van der Waals surface area contributed by atoms with Crippen molar-refractivity contribution in [2.75, 3.05) is 26.2 Å². The van der Waals surface area contributed by atoms with Gasteiger partial charge in [0.15, 0.2) is 0 Å². The Morgan fingerprint density at radius 1 is 1.13 bits per heavy atom. The molecule has 0 aromatic rings. The molecular formula is C13H23N2. The van der Waals surface area contributed by atoms with Gasteiger partial charge in [-0.05, 0) is 31.6 Å². The Morgan fingerprint density at radius 2 is 1.87 bits per heavy atom. The molecule has 2 heteroatoms. The van der Waals surface area contributed by atoms with E-state index < -0.39 is 0 Å². The maximum atomic E-state index is 2.58. The molecule has 1 fully saturated rings. The lowest BCUT2D eigenvalue weighted by Crippen LogP contribution is -2.30. The maximum absolute atomic E-state index is 2.58. The van der Waals surface area contributed by atoms with E-state index in [2.05, 4.69) is 29.8 Å². The molecule has 0 saturated carbocycles. The molecule has 0 amide bonds. The summed E-state index contributed by atoms with van der Waals surface area (Å²) in [6.07, 6.45) is 7.79. The van der Waals surface area contributed by atoms with Gasteiger partial charge in [-0.15, -0.1) is 0 Å². The predicted molar refractivity (Wildman–Crippen MR) is 64.3 cm³/mol. The highest BCUT2D eigenvalue weighted by molar-refractivity contribution is 5.06. The summed E-state index contributed by atoms with van der Waals surface area (Å²) >= 11 is 0. The van der Waals surface area contributed by atoms with Crippen molar-refractivity contribution < 1.29 is 0 Å². The normalized spacial score (nSPS) is 22.5. The fourth-order valence-electron chi connectivity index (χ4n) is 2.58. The van der Waals surface area contributed by atoms with Gasteiger partial charge in [-0.2, -0.15) is 0 Å². The molecule has 0 spiro atoms. The third-order valence-corrected chi connectivity index (χ3v) is 3.24. The van der Waals surface area contributed by atoms with Gasteiger partial charge in [0.25, 0.3) is 0 Å². The van der Waals surface area contributed by atoms with Gasteiger partial charge in [-0.1, -0.05) is 13.8 Å². The first-order valence-electron chi connectivity index (χ1n) is 6.24. The molecule has 2 rings (SSSR count). The van der Waals surface area contributed by atoms with Crippen LogP contribution in [0.25, 0.3) is 0 Å². The summed E-state index contributed by atoms with van der Waals surface area (Å²) in [6.45, 7) is 9.39. The number of hydrogen-bond donors (Lipinski definition) is 0. The maximum Gasteiger partial charge on any atom is 0.0295 e. The van der Waals surface area contributed by atoms with Crippen LogP contribution in [0.5, 0.6) is 0 Å². The van der Waals surface area contributed by atoms with Gasteiger partial charge in [0.1, 0.15) is 0 Å². The van der Waals surface area contributed by atoms with E-state index in [-0.39, 0.29) is 0 Å². The Bertz CT molecular complexity index is 227. The van der Waals surface area contributed by atoms with E-state index in [0.29, 0.717) is 0 Å². The third-order valence-electron chi connectivity index (χ3n) is 3.24. The van der Waals surface area contributed by atoms with Crippen molar-refractivity contribution in [3.05, 3.63) is 17.8 Å². The lowest BCUT2D eigenvalue weighted by atomic mass is 10.1. The third kappa shape index (κ3) is 2.90. The van der Waals surface area contributed by atoms with Gasteiger partial charge < -0.3 is 9.80 Å². The van der Waals surface area contributed by atoms with E-state index in [1.807, 2.05) is 0 Å². The molecule has 0 atom stereocenters. The van der Waals surface area contributed by atoms with Crippen molar-refractivity contribution in [2.45, 2.75) is 39.5 Å². The van der Waals surface area contributed by atoms with Crippen molar-refractivity contribution >= 4 is 0 Å². The fourth-order valence-corrected chi connectivity index (χ4v) is 2.58. The number of likely N-dealkylation sites (tertiary alicyclic amines) is 1. The summed E-state index contributed by atoms with van der Waals surface area (Å²) in [5.74, 6) is 1.51. The molecule has 0 aromatic heterocycles. The van der Waals surface area contributed by atoms with Crippen molar-refractivity contribution in [1.29, 1.82) is 0 Å². The number of hydrogen-bond acceptors (Lipinski definition) is 2. The van der Waals surface area contributed by atoms with Crippen molar-refractivity contribution in [1.82, 2.24) is 9.80 Å². The van der Waals surface area contributed by atoms with Crippen molar-refractivity contribution in [3.8, 4) is 0 Å². The van der Waals surface area contributed by atoms with Crippen molar-refractivity contribution in [2.24, 2.45) is 0 Å². The first-order valence-corrected chi connectivity index (χ1v) is 6.24. The number of nitrogens with zero attached hydrogens (tertiary/aromatic N) is 2. The fraction of sp³-hybridized carbons (Fsp3) is 0.769. The molecule has 85 valence electrons. The highest BCUT2D eigenvalue weighted by atomic mass is 15.2. The van der Waals surface area contributed by atoms with Crippen LogP contribution in [-0.4, -0.2) is 36.0 Å². The quantitative estimate of drug-likeness (QED) is 0.702. The van der Waals surface area contributed by atoms with Crippen molar-refractivity contribution in [3.63, 3.8) is 0 Å². The van der Waals surface area contributed by atoms with Gasteiger partial charge in [-0.3, -0.25) is 0 Å². The summed E-state index contributed by atoms with van der Waals surface area (Å²) in [5.41, 5.74) is 1.58. The van der Waals surface area contributed by atoms with Crippen LogP contribution in [0.1, 0.15) is 39.5 Å². The molecule has 2 aliphatic rings. The summed E-state index contributed by atoms with van der Waals surface area (Å²) in [5, 5.41) is 0. The van der Waals surface area contributed by atoms with Crippen LogP contribution in [-0.2, 0) is 0 Å². The first kappa shape index (κ1) is 10.8. The van der Waals surface area contributed by atoms with E-state index in [1.165, 1.54) is 51.2 Å². The molecule has 1 radical (unpaired) electrons. The summed E-state index contributed by atoms with van der Waals surface area (Å²) in [6, 6.07) is 0. The Hall–Kier alpha value is -0.660. The molecule has 2 nitrogen and oxygen atoms in total. The monoisotopic (exact) mass is 207 g/mol. The summed E-state index contributed by atoms with van der Waals surface area (Å²) < 4.78 is 0. The van der Waals surface area contributed by atoms with E-state index in [1.54, 1.807) is 5.70 Å². The second-order valence-corrected chi connectivity index (χ2v) is 5.10. The van der Waals surface area contributed by atoms with Gasteiger partial charge >= 0.3 is 0 Å². The minimum absolute atomic E-state index is 1.14. The first-order chi connectivity index (χ1) is 7.25. The molecule has 0 N–H and O–H groups in total. The Kier molecular flexibility index (Phi) is 3.55. The highest BCUT2D eigenvalue weighted by Gasteiger charge is 2.18. The molecule has 1 saturated heterocycles. The van der Waals surface area contributed by atoms with E-state index in [9.17, 15) is 0 Å². The Balaban J connectivity index is 1.94. The molecule has 0 bridgehead atoms. The zero-order valence-electron chi connectivity index (χ0n) is 10.1. The Labute approximate surface area is 93.9 Å². The molecule has 15 heavy (non-hydrogen) atoms. The molecule has 0 aliphatic carbocycles.